The fourth-order valence-corrected chi connectivity index (χ4v) is 2.50. The number of hydrogen-bond donors (Lipinski definition) is 0. The molecule has 0 N–H and O–H groups in total. The van der Waals surface area contributed by atoms with Crippen LogP contribution in [0.4, 0.5) is 0 Å². The number of rotatable bonds is 3. The molecule has 1 rings (SSSR count). The van der Waals surface area contributed by atoms with Crippen LogP contribution >= 0.6 is 7.14 Å². The van der Waals surface area contributed by atoms with Gasteiger partial charge >= 0.3 is 0 Å². The lowest BCUT2D eigenvalue weighted by Crippen LogP contribution is -2.05. The first-order valence-electron chi connectivity index (χ1n) is 5.14. The Hall–Kier alpha value is -0.550. The molecule has 0 aromatic heterocycles. The summed E-state index contributed by atoms with van der Waals surface area (Å²) in [4.78, 5) is 0. The van der Waals surface area contributed by atoms with E-state index in [1.54, 1.807) is 0 Å². The highest BCUT2D eigenvalue weighted by Gasteiger charge is 2.14. The van der Waals surface area contributed by atoms with Crippen molar-refractivity contribution in [2.75, 3.05) is 12.8 Å². The predicted molar refractivity (Wildman–Crippen MR) is 71.0 cm³/mol. The molecule has 0 heterocycles. The van der Waals surface area contributed by atoms with Gasteiger partial charge in [-0.05, 0) is 18.1 Å². The van der Waals surface area contributed by atoms with Crippen molar-refractivity contribution in [3.63, 3.8) is 0 Å². The highest BCUT2D eigenvalue weighted by atomic mass is 31.2. The molecule has 0 fully saturated rings. The summed E-state index contributed by atoms with van der Waals surface area (Å²) in [5, 5.41) is 1.00. The molecule has 0 aliphatic carbocycles. The van der Waals surface area contributed by atoms with Crippen LogP contribution in [0.2, 0.25) is 0 Å². The van der Waals surface area contributed by atoms with Gasteiger partial charge in [-0.2, -0.15) is 0 Å². The Kier molecular flexibility index (Phi) is 5.31. The Morgan fingerprint density at radius 1 is 1.20 bits per heavy atom. The maximum Gasteiger partial charge on any atom is 0.112 e. The third kappa shape index (κ3) is 3.50. The van der Waals surface area contributed by atoms with Gasteiger partial charge in [0.15, 0.2) is 0 Å². The van der Waals surface area contributed by atoms with Crippen molar-refractivity contribution < 1.29 is 4.57 Å². The van der Waals surface area contributed by atoms with Gasteiger partial charge in [0.2, 0.25) is 0 Å². The van der Waals surface area contributed by atoms with Gasteiger partial charge in [0.25, 0.3) is 0 Å². The van der Waals surface area contributed by atoms with Crippen LogP contribution in [0.1, 0.15) is 39.7 Å². The Morgan fingerprint density at radius 2 is 1.67 bits per heavy atom. The zero-order valence-corrected chi connectivity index (χ0v) is 10.3. The van der Waals surface area contributed by atoms with Crippen LogP contribution in [0.5, 0.6) is 0 Å². The fourth-order valence-electron chi connectivity index (χ4n) is 1.36. The van der Waals surface area contributed by atoms with E-state index in [2.05, 4.69) is 26.0 Å². The lowest BCUT2D eigenvalue weighted by Gasteiger charge is -2.12. The average molecular weight is 226 g/mol. The quantitative estimate of drug-likeness (QED) is 0.710. The van der Waals surface area contributed by atoms with Crippen molar-refractivity contribution in [3.05, 3.63) is 29.8 Å². The molecule has 1 nitrogen and oxygen atoms in total. The van der Waals surface area contributed by atoms with Gasteiger partial charge in [0.05, 0.1) is 0 Å². The summed E-state index contributed by atoms with van der Waals surface area (Å²) in [7, 11) is -2.08. The minimum Gasteiger partial charge on any atom is -0.319 e. The summed E-state index contributed by atoms with van der Waals surface area (Å²) in [6.07, 6.45) is 0.744. The molecule has 0 spiro atoms. The van der Waals surface area contributed by atoms with E-state index in [0.29, 0.717) is 5.92 Å². The fraction of sp³-hybridized carbons (Fsp3) is 0.538. The van der Waals surface area contributed by atoms with Gasteiger partial charge < -0.3 is 4.57 Å². The van der Waals surface area contributed by atoms with E-state index in [1.807, 2.05) is 25.7 Å². The normalized spacial score (nSPS) is 14.5. The Balaban J connectivity index is 0.00000196. The van der Waals surface area contributed by atoms with Gasteiger partial charge in [0, 0.05) is 11.5 Å². The highest BCUT2D eigenvalue weighted by Crippen LogP contribution is 2.39. The van der Waals surface area contributed by atoms with Crippen molar-refractivity contribution in [3.8, 4) is 0 Å². The second-order valence-electron chi connectivity index (χ2n) is 4.16. The zero-order valence-electron chi connectivity index (χ0n) is 9.45. The van der Waals surface area contributed by atoms with E-state index in [-0.39, 0.29) is 7.43 Å². The molecule has 0 saturated carbocycles. The van der Waals surface area contributed by atoms with E-state index in [4.69, 9.17) is 0 Å². The Labute approximate surface area is 94.3 Å². The number of benzene rings is 1. The molecule has 1 atom stereocenters. The molecule has 0 amide bonds. The molecule has 86 valence electrons. The molecule has 0 radical (unpaired) electrons. The third-order valence-corrected chi connectivity index (χ3v) is 5.31. The molecule has 0 aliphatic heterocycles. The SMILES string of the molecule is C.CCP(C)(=O)c1ccc(C(C)C)cc1. The van der Waals surface area contributed by atoms with Crippen molar-refractivity contribution in [1.82, 2.24) is 0 Å². The molecule has 1 unspecified atom stereocenters. The third-order valence-electron chi connectivity index (χ3n) is 2.71. The molecule has 0 bridgehead atoms. The molecular weight excluding hydrogens is 203 g/mol. The van der Waals surface area contributed by atoms with Crippen molar-refractivity contribution in [1.29, 1.82) is 0 Å². The van der Waals surface area contributed by atoms with Gasteiger partial charge in [0.1, 0.15) is 7.14 Å². The van der Waals surface area contributed by atoms with Gasteiger partial charge in [-0.25, -0.2) is 0 Å². The van der Waals surface area contributed by atoms with Crippen molar-refractivity contribution in [2.24, 2.45) is 0 Å². The first kappa shape index (κ1) is 14.5. The summed E-state index contributed by atoms with van der Waals surface area (Å²) in [6.45, 7) is 8.18. The molecule has 2 heteroatoms. The second kappa shape index (κ2) is 5.51. The largest absolute Gasteiger partial charge is 0.319 e. The van der Waals surface area contributed by atoms with Crippen LogP contribution in [-0.2, 0) is 4.57 Å². The lowest BCUT2D eigenvalue weighted by atomic mass is 10.0. The van der Waals surface area contributed by atoms with E-state index in [0.717, 1.165) is 11.5 Å². The topological polar surface area (TPSA) is 17.1 Å². The Morgan fingerprint density at radius 3 is 2.00 bits per heavy atom. The van der Waals surface area contributed by atoms with Gasteiger partial charge in [-0.3, -0.25) is 0 Å². The summed E-state index contributed by atoms with van der Waals surface area (Å²) < 4.78 is 12.1. The highest BCUT2D eigenvalue weighted by molar-refractivity contribution is 7.70. The maximum absolute atomic E-state index is 12.1. The standard InChI is InChI=1S/C12H19OP.CH4/c1-5-14(4,13)12-8-6-11(7-9-12)10(2)3;/h6-10H,5H2,1-4H3;1H4. The van der Waals surface area contributed by atoms with E-state index < -0.39 is 7.14 Å². The minimum absolute atomic E-state index is 0. The van der Waals surface area contributed by atoms with Crippen LogP contribution in [-0.4, -0.2) is 12.8 Å². The smallest absolute Gasteiger partial charge is 0.112 e. The average Bonchev–Trinajstić information content (AvgIpc) is 2.18. The molecule has 0 saturated heterocycles. The van der Waals surface area contributed by atoms with Crippen LogP contribution < -0.4 is 5.30 Å². The zero-order chi connectivity index (χ0) is 10.8. The molecule has 1 aromatic rings. The molecule has 0 aliphatic rings. The summed E-state index contributed by atoms with van der Waals surface area (Å²) in [5.74, 6) is 0.543. The first-order chi connectivity index (χ1) is 6.47. The molecule has 1 aromatic carbocycles. The van der Waals surface area contributed by atoms with Crippen LogP contribution in [0, 0.1) is 0 Å². The predicted octanol–water partition coefficient (Wildman–Crippen LogP) is 4.08. The molecular formula is C13H23OP. The van der Waals surface area contributed by atoms with Gasteiger partial charge in [-0.15, -0.1) is 0 Å². The maximum atomic E-state index is 12.1. The summed E-state index contributed by atoms with van der Waals surface area (Å²) >= 11 is 0. The molecule has 15 heavy (non-hydrogen) atoms. The van der Waals surface area contributed by atoms with Crippen molar-refractivity contribution >= 4 is 12.4 Å². The minimum atomic E-state index is -2.08. The van der Waals surface area contributed by atoms with Crippen LogP contribution in [0.3, 0.4) is 0 Å². The van der Waals surface area contributed by atoms with Crippen LogP contribution in [0.25, 0.3) is 0 Å². The Bertz CT molecular complexity index is 338. The second-order valence-corrected chi connectivity index (χ2v) is 7.51. The van der Waals surface area contributed by atoms with Crippen molar-refractivity contribution in [2.45, 2.75) is 34.1 Å². The lowest BCUT2D eigenvalue weighted by molar-refractivity contribution is 0.585. The number of hydrogen-bond acceptors (Lipinski definition) is 1. The van der Waals surface area contributed by atoms with Gasteiger partial charge in [-0.1, -0.05) is 52.5 Å². The summed E-state index contributed by atoms with van der Waals surface area (Å²) in [5.41, 5.74) is 1.31. The van der Waals surface area contributed by atoms with Crippen LogP contribution in [0.15, 0.2) is 24.3 Å². The monoisotopic (exact) mass is 226 g/mol. The first-order valence-corrected chi connectivity index (χ1v) is 7.48. The van der Waals surface area contributed by atoms with E-state index in [1.165, 1.54) is 5.56 Å². The van der Waals surface area contributed by atoms with E-state index >= 15 is 0 Å². The van der Waals surface area contributed by atoms with E-state index in [9.17, 15) is 4.57 Å². The summed E-state index contributed by atoms with van der Waals surface area (Å²) in [6, 6.07) is 8.21.